The average Bonchev–Trinajstić information content (AvgIpc) is 3.37. The quantitative estimate of drug-likeness (QED) is 0.358. The number of carbonyl (C=O) groups excluding carboxylic acids is 1. The molecule has 0 unspecified atom stereocenters. The third-order valence-corrected chi connectivity index (χ3v) is 7.75. The van der Waals surface area contributed by atoms with Crippen LogP contribution < -0.4 is 10.1 Å². The number of hydrogen-bond donors (Lipinski definition) is 2. The highest BCUT2D eigenvalue weighted by atomic mass is 19.4. The van der Waals surface area contributed by atoms with Crippen molar-refractivity contribution in [1.82, 2.24) is 20.1 Å². The first kappa shape index (κ1) is 28.4. The van der Waals surface area contributed by atoms with E-state index in [-0.39, 0.29) is 30.1 Å². The van der Waals surface area contributed by atoms with Gasteiger partial charge in [0.15, 0.2) is 0 Å². The molecule has 5 rings (SSSR count). The molecule has 3 heterocycles. The largest absolute Gasteiger partial charge is 0.493 e. The Labute approximate surface area is 232 Å². The fourth-order valence-electron chi connectivity index (χ4n) is 5.71. The van der Waals surface area contributed by atoms with Gasteiger partial charge in [-0.1, -0.05) is 24.3 Å². The van der Waals surface area contributed by atoms with Crippen LogP contribution in [0.4, 0.5) is 13.2 Å². The van der Waals surface area contributed by atoms with Crippen LogP contribution >= 0.6 is 0 Å². The lowest BCUT2D eigenvalue weighted by Crippen LogP contribution is -2.47. The Hall–Kier alpha value is -3.08. The van der Waals surface area contributed by atoms with Crippen molar-refractivity contribution < 1.29 is 27.4 Å². The minimum absolute atomic E-state index is 0.00222. The van der Waals surface area contributed by atoms with E-state index in [2.05, 4.69) is 26.2 Å². The summed E-state index contributed by atoms with van der Waals surface area (Å²) < 4.78 is 50.7. The van der Waals surface area contributed by atoms with Gasteiger partial charge in [-0.3, -0.25) is 14.6 Å². The minimum Gasteiger partial charge on any atom is -0.493 e. The molecule has 0 spiro atoms. The molecule has 7 nitrogen and oxygen atoms in total. The molecule has 216 valence electrons. The van der Waals surface area contributed by atoms with E-state index in [4.69, 9.17) is 9.47 Å². The number of fused-ring (bicyclic) bond motifs is 1. The maximum absolute atomic E-state index is 13.2. The molecular formula is C30H37F3N4O3. The Morgan fingerprint density at radius 3 is 2.73 bits per heavy atom. The van der Waals surface area contributed by atoms with Gasteiger partial charge >= 0.3 is 6.18 Å². The van der Waals surface area contributed by atoms with Gasteiger partial charge in [-0.15, -0.1) is 0 Å². The van der Waals surface area contributed by atoms with E-state index in [0.717, 1.165) is 67.9 Å². The second-order valence-electron chi connectivity index (χ2n) is 10.8. The number of alkyl halides is 3. The van der Waals surface area contributed by atoms with Crippen LogP contribution in [0, 0.1) is 11.8 Å². The number of piperidine rings is 1. The zero-order valence-corrected chi connectivity index (χ0v) is 22.6. The predicted molar refractivity (Wildman–Crippen MR) is 147 cm³/mol. The number of aromatic amines is 1. The minimum atomic E-state index is -4.43. The van der Waals surface area contributed by atoms with Gasteiger partial charge in [-0.05, 0) is 49.2 Å². The lowest BCUT2D eigenvalue weighted by Gasteiger charge is -2.37. The van der Waals surface area contributed by atoms with Gasteiger partial charge in [0.2, 0.25) is 5.91 Å². The van der Waals surface area contributed by atoms with Crippen molar-refractivity contribution in [3.05, 3.63) is 65.9 Å². The highest BCUT2D eigenvalue weighted by Crippen LogP contribution is 2.32. The fourth-order valence-corrected chi connectivity index (χ4v) is 5.71. The Balaban J connectivity index is 1.21. The molecule has 2 aliphatic rings. The highest BCUT2D eigenvalue weighted by molar-refractivity contribution is 5.83. The number of amides is 1. The Morgan fingerprint density at radius 2 is 1.90 bits per heavy atom. The van der Waals surface area contributed by atoms with Crippen LogP contribution in [0.15, 0.2) is 54.7 Å². The number of rotatable bonds is 10. The van der Waals surface area contributed by atoms with Crippen LogP contribution in [0.5, 0.6) is 5.75 Å². The molecule has 1 amide bonds. The van der Waals surface area contributed by atoms with Gasteiger partial charge in [-0.2, -0.15) is 13.2 Å². The summed E-state index contributed by atoms with van der Waals surface area (Å²) in [5, 5.41) is 4.27. The zero-order chi connectivity index (χ0) is 28.0. The number of benzene rings is 2. The molecule has 40 heavy (non-hydrogen) atoms. The molecule has 0 radical (unpaired) electrons. The maximum Gasteiger partial charge on any atom is 0.416 e. The molecule has 2 aliphatic heterocycles. The van der Waals surface area contributed by atoms with E-state index < -0.39 is 11.7 Å². The second-order valence-corrected chi connectivity index (χ2v) is 10.8. The Morgan fingerprint density at radius 1 is 1.07 bits per heavy atom. The van der Waals surface area contributed by atoms with Gasteiger partial charge in [0.05, 0.1) is 31.3 Å². The monoisotopic (exact) mass is 558 g/mol. The Bertz CT molecular complexity index is 1260. The average molecular weight is 559 g/mol. The van der Waals surface area contributed by atoms with Gasteiger partial charge in [0.1, 0.15) is 5.75 Å². The van der Waals surface area contributed by atoms with E-state index in [1.165, 1.54) is 6.07 Å². The molecule has 2 saturated heterocycles. The maximum atomic E-state index is 13.2. The first-order valence-electron chi connectivity index (χ1n) is 14.0. The number of para-hydroxylation sites is 1. The van der Waals surface area contributed by atoms with E-state index in [9.17, 15) is 18.0 Å². The van der Waals surface area contributed by atoms with Gasteiger partial charge < -0.3 is 19.8 Å². The number of nitrogens with one attached hydrogen (secondary N) is 2. The lowest BCUT2D eigenvalue weighted by molar-refractivity contribution is -0.137. The van der Waals surface area contributed by atoms with Crippen molar-refractivity contribution in [2.24, 2.45) is 11.8 Å². The van der Waals surface area contributed by atoms with Gasteiger partial charge in [0.25, 0.3) is 0 Å². The molecule has 10 heteroatoms. The summed E-state index contributed by atoms with van der Waals surface area (Å²) >= 11 is 0. The molecule has 0 saturated carbocycles. The topological polar surface area (TPSA) is 69.8 Å². The smallest absolute Gasteiger partial charge is 0.416 e. The standard InChI is InChI=1S/C30H37F3N4O3/c31-30(32,33)25-5-3-6-26(16-25)40-21-22-15-23(29(38)34-9-4-10-36-11-13-39-14-12-36)19-37(18-22)20-24-17-35-28-8-2-1-7-27(24)28/h1-3,5-8,16-17,22-23,35H,4,9-15,18-21H2,(H,34,38)/t22-,23+/m0/s1. The van der Waals surface area contributed by atoms with Crippen molar-refractivity contribution in [3.8, 4) is 5.75 Å². The van der Waals surface area contributed by atoms with Crippen molar-refractivity contribution in [2.75, 3.05) is 59.1 Å². The predicted octanol–water partition coefficient (Wildman–Crippen LogP) is 4.54. The number of likely N-dealkylation sites (tertiary alicyclic amines) is 1. The third-order valence-electron chi connectivity index (χ3n) is 7.75. The number of nitrogens with zero attached hydrogens (tertiary/aromatic N) is 2. The normalized spacial score (nSPS) is 21.0. The highest BCUT2D eigenvalue weighted by Gasteiger charge is 2.33. The van der Waals surface area contributed by atoms with Crippen LogP contribution in [-0.2, 0) is 22.3 Å². The second kappa shape index (κ2) is 13.1. The SMILES string of the molecule is O=C(NCCCN1CCOCC1)[C@@H]1C[C@H](COc2cccc(C(F)(F)F)c2)CN(Cc2c[nH]c3ccccc23)C1. The summed E-state index contributed by atoms with van der Waals surface area (Å²) in [7, 11) is 0. The van der Waals surface area contributed by atoms with E-state index in [1.54, 1.807) is 6.07 Å². The number of hydrogen-bond acceptors (Lipinski definition) is 5. The molecular weight excluding hydrogens is 521 g/mol. The molecule has 2 atom stereocenters. The first-order valence-corrected chi connectivity index (χ1v) is 14.0. The number of H-pyrrole nitrogens is 1. The van der Waals surface area contributed by atoms with Crippen molar-refractivity contribution >= 4 is 16.8 Å². The summed E-state index contributed by atoms with van der Waals surface area (Å²) in [5.41, 5.74) is 1.48. The fraction of sp³-hybridized carbons (Fsp3) is 0.500. The van der Waals surface area contributed by atoms with Crippen LogP contribution in [0.1, 0.15) is 24.0 Å². The molecule has 2 fully saturated rings. The van der Waals surface area contributed by atoms with E-state index in [1.807, 2.05) is 24.4 Å². The number of ether oxygens (including phenoxy) is 2. The third kappa shape index (κ3) is 7.56. The van der Waals surface area contributed by atoms with Crippen LogP contribution in [0.3, 0.4) is 0 Å². The number of halogens is 3. The molecule has 0 bridgehead atoms. The molecule has 3 aromatic rings. The number of morpholine rings is 1. The van der Waals surface area contributed by atoms with Crippen LogP contribution in [0.25, 0.3) is 10.9 Å². The molecule has 2 aromatic carbocycles. The van der Waals surface area contributed by atoms with Crippen molar-refractivity contribution in [3.63, 3.8) is 0 Å². The summed E-state index contributed by atoms with van der Waals surface area (Å²) in [6.45, 7) is 7.12. The number of carbonyl (C=O) groups is 1. The summed E-state index contributed by atoms with van der Waals surface area (Å²) in [5.74, 6) is -0.0163. The van der Waals surface area contributed by atoms with E-state index in [0.29, 0.717) is 32.6 Å². The molecule has 1 aromatic heterocycles. The summed E-state index contributed by atoms with van der Waals surface area (Å²) in [6, 6.07) is 13.1. The summed E-state index contributed by atoms with van der Waals surface area (Å²) in [4.78, 5) is 21.2. The molecule has 0 aliphatic carbocycles. The first-order chi connectivity index (χ1) is 19.3. The van der Waals surface area contributed by atoms with Gasteiger partial charge in [0, 0.05) is 62.3 Å². The van der Waals surface area contributed by atoms with Crippen molar-refractivity contribution in [1.29, 1.82) is 0 Å². The number of aromatic nitrogens is 1. The molecule has 2 N–H and O–H groups in total. The van der Waals surface area contributed by atoms with E-state index >= 15 is 0 Å². The van der Waals surface area contributed by atoms with Crippen LogP contribution in [-0.4, -0.2) is 79.8 Å². The van der Waals surface area contributed by atoms with Gasteiger partial charge in [-0.25, -0.2) is 0 Å². The lowest BCUT2D eigenvalue weighted by atomic mass is 9.88. The van der Waals surface area contributed by atoms with Crippen molar-refractivity contribution in [2.45, 2.75) is 25.6 Å². The zero-order valence-electron chi connectivity index (χ0n) is 22.6. The Kier molecular flexibility index (Phi) is 9.29. The summed E-state index contributed by atoms with van der Waals surface area (Å²) in [6.07, 6.45) is -0.919. The van der Waals surface area contributed by atoms with Crippen LogP contribution in [0.2, 0.25) is 0 Å².